The number of aliphatic imine (C=N–C) groups is 2. The smallest absolute Gasteiger partial charge is 0.132 e. The zero-order valence-electron chi connectivity index (χ0n) is 11.6. The van der Waals surface area contributed by atoms with Gasteiger partial charge in [-0.1, -0.05) is 0 Å². The van der Waals surface area contributed by atoms with Crippen molar-refractivity contribution in [1.29, 1.82) is 0 Å². The van der Waals surface area contributed by atoms with Crippen LogP contribution < -0.4 is 10.6 Å². The molecule has 0 saturated carbocycles. The number of benzene rings is 1. The number of hydrogen-bond acceptors (Lipinski definition) is 3. The van der Waals surface area contributed by atoms with E-state index in [1.54, 1.807) is 7.05 Å². The lowest BCUT2D eigenvalue weighted by Gasteiger charge is -2.34. The highest BCUT2D eigenvalue weighted by Gasteiger charge is 2.14. The molecule has 0 amide bonds. The van der Waals surface area contributed by atoms with Gasteiger partial charge in [0.15, 0.2) is 0 Å². The molecule has 1 aliphatic rings. The molecule has 1 aromatic rings. The molecule has 5 heteroatoms. The first-order valence-corrected chi connectivity index (χ1v) is 6.48. The van der Waals surface area contributed by atoms with Gasteiger partial charge < -0.3 is 15.5 Å². The molecule has 0 spiro atoms. The fourth-order valence-corrected chi connectivity index (χ4v) is 2.10. The maximum absolute atomic E-state index is 5.87. The van der Waals surface area contributed by atoms with E-state index in [2.05, 4.69) is 39.0 Å². The highest BCUT2D eigenvalue weighted by Crippen LogP contribution is 2.16. The van der Waals surface area contributed by atoms with Gasteiger partial charge >= 0.3 is 0 Å². The lowest BCUT2D eigenvalue weighted by atomic mass is 10.1. The zero-order valence-corrected chi connectivity index (χ0v) is 11.6. The van der Waals surface area contributed by atoms with E-state index < -0.39 is 0 Å². The monoisotopic (exact) mass is 259 g/mol. The van der Waals surface area contributed by atoms with Gasteiger partial charge in [0, 0.05) is 44.5 Å². The largest absolute Gasteiger partial charge is 0.383 e. The molecule has 0 radical (unpaired) electrons. The van der Waals surface area contributed by atoms with Gasteiger partial charge in [0.05, 0.1) is 0 Å². The topological polar surface area (TPSA) is 57.2 Å². The molecule has 1 fully saturated rings. The first-order valence-electron chi connectivity index (χ1n) is 6.48. The third kappa shape index (κ3) is 3.54. The first kappa shape index (κ1) is 13.5. The number of likely N-dealkylation sites (N-methyl/N-ethyl adjacent to an activating group) is 1. The summed E-state index contributed by atoms with van der Waals surface area (Å²) in [6, 6.07) is 8.23. The molecule has 1 heterocycles. The summed E-state index contributed by atoms with van der Waals surface area (Å²) in [6.45, 7) is 4.36. The molecule has 0 aromatic heterocycles. The summed E-state index contributed by atoms with van der Waals surface area (Å²) < 4.78 is 0. The van der Waals surface area contributed by atoms with E-state index in [0.29, 0.717) is 5.84 Å². The van der Waals surface area contributed by atoms with Gasteiger partial charge in [0.2, 0.25) is 0 Å². The van der Waals surface area contributed by atoms with Gasteiger partial charge in [0.25, 0.3) is 0 Å². The molecule has 0 atom stereocenters. The molecular formula is C14H21N5. The van der Waals surface area contributed by atoms with Crippen molar-refractivity contribution in [2.24, 2.45) is 15.7 Å². The average molecular weight is 259 g/mol. The normalized spacial score (nSPS) is 18.2. The predicted molar refractivity (Wildman–Crippen MR) is 81.3 cm³/mol. The number of nitrogens with zero attached hydrogens (tertiary/aromatic N) is 4. The molecule has 102 valence electrons. The standard InChI is InChI=1S/C14H21N5/c1-16-11-17-14(15)12-3-5-13(6-4-12)19-9-7-18(2)8-10-19/h3-6,11H,7-10H2,1-2H3,(H2,15,16,17). The second kappa shape index (κ2) is 6.33. The summed E-state index contributed by atoms with van der Waals surface area (Å²) in [6.07, 6.45) is 1.46. The van der Waals surface area contributed by atoms with Crippen LogP contribution in [0.3, 0.4) is 0 Å². The third-order valence-electron chi connectivity index (χ3n) is 3.34. The van der Waals surface area contributed by atoms with E-state index in [4.69, 9.17) is 5.73 Å². The summed E-state index contributed by atoms with van der Waals surface area (Å²) in [4.78, 5) is 12.6. The van der Waals surface area contributed by atoms with Crippen molar-refractivity contribution in [3.63, 3.8) is 0 Å². The van der Waals surface area contributed by atoms with E-state index in [0.717, 1.165) is 31.7 Å². The van der Waals surface area contributed by atoms with Crippen LogP contribution in [0.2, 0.25) is 0 Å². The minimum atomic E-state index is 0.496. The Balaban J connectivity index is 2.06. The second-order valence-corrected chi connectivity index (χ2v) is 4.73. The quantitative estimate of drug-likeness (QED) is 0.645. The maximum Gasteiger partial charge on any atom is 0.132 e. The summed E-state index contributed by atoms with van der Waals surface area (Å²) in [5.41, 5.74) is 8.04. The Hall–Kier alpha value is -1.88. The molecule has 19 heavy (non-hydrogen) atoms. The highest BCUT2D eigenvalue weighted by atomic mass is 15.2. The number of hydrogen-bond donors (Lipinski definition) is 1. The lowest BCUT2D eigenvalue weighted by Crippen LogP contribution is -2.44. The zero-order chi connectivity index (χ0) is 13.7. The Morgan fingerprint density at radius 3 is 2.37 bits per heavy atom. The van der Waals surface area contributed by atoms with Gasteiger partial charge in [0.1, 0.15) is 12.2 Å². The average Bonchev–Trinajstić information content (AvgIpc) is 2.46. The van der Waals surface area contributed by atoms with Crippen LogP contribution in [0.5, 0.6) is 0 Å². The minimum absolute atomic E-state index is 0.496. The maximum atomic E-state index is 5.87. The van der Waals surface area contributed by atoms with Crippen molar-refractivity contribution in [3.8, 4) is 0 Å². The van der Waals surface area contributed by atoms with Crippen LogP contribution in [0, 0.1) is 0 Å². The molecule has 1 aromatic carbocycles. The van der Waals surface area contributed by atoms with Crippen LogP contribution in [-0.4, -0.2) is 57.3 Å². The van der Waals surface area contributed by atoms with Crippen LogP contribution in [0.1, 0.15) is 5.56 Å². The Morgan fingerprint density at radius 1 is 1.16 bits per heavy atom. The van der Waals surface area contributed by atoms with Crippen molar-refractivity contribution in [2.45, 2.75) is 0 Å². The fraction of sp³-hybridized carbons (Fsp3) is 0.429. The molecule has 1 saturated heterocycles. The van der Waals surface area contributed by atoms with Crippen LogP contribution >= 0.6 is 0 Å². The van der Waals surface area contributed by atoms with Crippen molar-refractivity contribution >= 4 is 17.9 Å². The van der Waals surface area contributed by atoms with Gasteiger partial charge in [-0.25, -0.2) is 4.99 Å². The summed E-state index contributed by atoms with van der Waals surface area (Å²) in [5.74, 6) is 0.496. The summed E-state index contributed by atoms with van der Waals surface area (Å²) in [7, 11) is 3.83. The number of anilines is 1. The van der Waals surface area contributed by atoms with Gasteiger partial charge in [-0.15, -0.1) is 0 Å². The molecule has 2 N–H and O–H groups in total. The van der Waals surface area contributed by atoms with Gasteiger partial charge in [-0.3, -0.25) is 4.99 Å². The molecule has 1 aliphatic heterocycles. The first-order chi connectivity index (χ1) is 9.20. The molecule has 2 rings (SSSR count). The summed E-state index contributed by atoms with van der Waals surface area (Å²) >= 11 is 0. The van der Waals surface area contributed by atoms with Crippen molar-refractivity contribution < 1.29 is 0 Å². The SMILES string of the molecule is CN=CN=C(N)c1ccc(N2CCN(C)CC2)cc1. The number of amidine groups is 1. The highest BCUT2D eigenvalue weighted by molar-refractivity contribution is 6.01. The lowest BCUT2D eigenvalue weighted by molar-refractivity contribution is 0.313. The van der Waals surface area contributed by atoms with Crippen LogP contribution in [0.25, 0.3) is 0 Å². The molecule has 0 aliphatic carbocycles. The molecule has 5 nitrogen and oxygen atoms in total. The number of nitrogens with two attached hydrogens (primary N) is 1. The summed E-state index contributed by atoms with van der Waals surface area (Å²) in [5, 5.41) is 0. The van der Waals surface area contributed by atoms with Crippen molar-refractivity contribution in [1.82, 2.24) is 4.90 Å². The van der Waals surface area contributed by atoms with E-state index in [1.807, 2.05) is 12.1 Å². The minimum Gasteiger partial charge on any atom is -0.383 e. The van der Waals surface area contributed by atoms with Gasteiger partial charge in [-0.05, 0) is 31.3 Å². The number of piperazine rings is 1. The third-order valence-corrected chi connectivity index (χ3v) is 3.34. The second-order valence-electron chi connectivity index (χ2n) is 4.73. The van der Waals surface area contributed by atoms with Crippen LogP contribution in [-0.2, 0) is 0 Å². The molecular weight excluding hydrogens is 238 g/mol. The van der Waals surface area contributed by atoms with Crippen molar-refractivity contribution in [2.75, 3.05) is 45.2 Å². The van der Waals surface area contributed by atoms with Crippen LogP contribution in [0.4, 0.5) is 5.69 Å². The van der Waals surface area contributed by atoms with Crippen molar-refractivity contribution in [3.05, 3.63) is 29.8 Å². The molecule has 0 unspecified atom stereocenters. The Morgan fingerprint density at radius 2 is 1.79 bits per heavy atom. The predicted octanol–water partition coefficient (Wildman–Crippen LogP) is 0.802. The van der Waals surface area contributed by atoms with Crippen LogP contribution in [0.15, 0.2) is 34.3 Å². The Kier molecular flexibility index (Phi) is 4.52. The van der Waals surface area contributed by atoms with E-state index in [9.17, 15) is 0 Å². The van der Waals surface area contributed by atoms with E-state index in [1.165, 1.54) is 12.0 Å². The van der Waals surface area contributed by atoms with Gasteiger partial charge in [-0.2, -0.15) is 0 Å². The van der Waals surface area contributed by atoms with E-state index >= 15 is 0 Å². The Labute approximate surface area is 114 Å². The Bertz CT molecular complexity index is 455. The van der Waals surface area contributed by atoms with E-state index in [-0.39, 0.29) is 0 Å². The number of rotatable bonds is 3. The molecule has 0 bridgehead atoms. The fourth-order valence-electron chi connectivity index (χ4n) is 2.10.